The molecule has 0 aliphatic heterocycles. The van der Waals surface area contributed by atoms with Crippen LogP contribution in [0.25, 0.3) is 0 Å². The highest BCUT2D eigenvalue weighted by Gasteiger charge is 2.57. The molecule has 0 heterocycles. The minimum Gasteiger partial charge on any atom is -0.496 e. The Morgan fingerprint density at radius 1 is 1.15 bits per heavy atom. The molecule has 108 valence electrons. The van der Waals surface area contributed by atoms with Gasteiger partial charge in [-0.25, -0.2) is 0 Å². The van der Waals surface area contributed by atoms with Gasteiger partial charge in [0, 0.05) is 18.2 Å². The Kier molecular flexibility index (Phi) is 3.86. The summed E-state index contributed by atoms with van der Waals surface area (Å²) in [4.78, 5) is 12.5. The lowest BCUT2D eigenvalue weighted by atomic mass is 9.73. The Labute approximate surface area is 119 Å². The summed E-state index contributed by atoms with van der Waals surface area (Å²) in [6, 6.07) is 7.35. The van der Waals surface area contributed by atoms with Gasteiger partial charge in [0.05, 0.1) is 13.2 Å². The van der Waals surface area contributed by atoms with E-state index in [-0.39, 0.29) is 11.9 Å². The second kappa shape index (κ2) is 5.29. The second-order valence-electron chi connectivity index (χ2n) is 5.04. The Morgan fingerprint density at radius 3 is 2.35 bits per heavy atom. The number of rotatable bonds is 5. The van der Waals surface area contributed by atoms with Crippen molar-refractivity contribution < 1.29 is 19.0 Å². The molecule has 1 aliphatic carbocycles. The lowest BCUT2D eigenvalue weighted by Gasteiger charge is -2.42. The van der Waals surface area contributed by atoms with Crippen LogP contribution in [0.4, 0.5) is 0 Å². The Morgan fingerprint density at radius 2 is 1.80 bits per heavy atom. The maximum absolute atomic E-state index is 12.5. The number of hydrogen-bond acceptors (Lipinski definition) is 4. The number of ketones is 1. The molecule has 1 aromatic rings. The number of para-hydroxylation sites is 1. The normalized spacial score (nSPS) is 22.0. The predicted octanol–water partition coefficient (Wildman–Crippen LogP) is 2.82. The van der Waals surface area contributed by atoms with Crippen molar-refractivity contribution in [3.05, 3.63) is 41.2 Å². The van der Waals surface area contributed by atoms with Crippen LogP contribution in [0.15, 0.2) is 35.6 Å². The number of ether oxygens (including phenoxy) is 3. The summed E-state index contributed by atoms with van der Waals surface area (Å²) in [6.07, 6.45) is -0.0303. The molecule has 1 aromatic carbocycles. The van der Waals surface area contributed by atoms with E-state index in [0.29, 0.717) is 22.6 Å². The van der Waals surface area contributed by atoms with Crippen molar-refractivity contribution >= 4 is 5.78 Å². The molecule has 1 aliphatic rings. The summed E-state index contributed by atoms with van der Waals surface area (Å²) >= 11 is 0. The summed E-state index contributed by atoms with van der Waals surface area (Å²) in [5.74, 6) is 1.10. The topological polar surface area (TPSA) is 44.8 Å². The summed E-state index contributed by atoms with van der Waals surface area (Å²) in [6.45, 7) is 5.60. The molecule has 0 saturated carbocycles. The average Bonchev–Trinajstić information content (AvgIpc) is 2.46. The second-order valence-corrected chi connectivity index (χ2v) is 5.04. The molecular weight excluding hydrogens is 256 g/mol. The van der Waals surface area contributed by atoms with Crippen molar-refractivity contribution in [1.29, 1.82) is 0 Å². The van der Waals surface area contributed by atoms with Crippen molar-refractivity contribution in [1.82, 2.24) is 0 Å². The van der Waals surface area contributed by atoms with E-state index >= 15 is 0 Å². The molecule has 0 N–H and O–H groups in total. The fraction of sp³-hybridized carbons (Fsp3) is 0.438. The zero-order valence-corrected chi connectivity index (χ0v) is 12.5. The third kappa shape index (κ3) is 1.91. The van der Waals surface area contributed by atoms with Gasteiger partial charge in [-0.05, 0) is 26.8 Å². The van der Waals surface area contributed by atoms with Crippen LogP contribution in [0, 0.1) is 0 Å². The lowest BCUT2D eigenvalue weighted by Crippen LogP contribution is -2.50. The van der Waals surface area contributed by atoms with E-state index < -0.39 is 5.60 Å². The largest absolute Gasteiger partial charge is 0.496 e. The fourth-order valence-electron chi connectivity index (χ4n) is 2.55. The third-order valence-corrected chi connectivity index (χ3v) is 3.47. The van der Waals surface area contributed by atoms with Crippen LogP contribution in [0.2, 0.25) is 0 Å². The first-order chi connectivity index (χ1) is 9.48. The number of benzene rings is 1. The minimum atomic E-state index is -1.18. The summed E-state index contributed by atoms with van der Waals surface area (Å²) < 4.78 is 16.7. The van der Waals surface area contributed by atoms with Gasteiger partial charge in [-0.1, -0.05) is 18.2 Å². The van der Waals surface area contributed by atoms with Crippen molar-refractivity contribution in [2.24, 2.45) is 0 Å². The Balaban J connectivity index is 2.58. The van der Waals surface area contributed by atoms with Gasteiger partial charge in [-0.2, -0.15) is 0 Å². The van der Waals surface area contributed by atoms with Gasteiger partial charge in [0.2, 0.25) is 11.4 Å². The zero-order valence-electron chi connectivity index (χ0n) is 12.5. The number of carbonyl (C=O) groups excluding carboxylic acids is 1. The van der Waals surface area contributed by atoms with E-state index in [1.54, 1.807) is 14.0 Å². The van der Waals surface area contributed by atoms with E-state index in [0.717, 1.165) is 0 Å². The van der Waals surface area contributed by atoms with Gasteiger partial charge in [0.15, 0.2) is 0 Å². The van der Waals surface area contributed by atoms with Crippen molar-refractivity contribution in [2.75, 3.05) is 14.2 Å². The highest BCUT2D eigenvalue weighted by molar-refractivity contribution is 6.12. The predicted molar refractivity (Wildman–Crippen MR) is 75.6 cm³/mol. The molecule has 4 heteroatoms. The molecular formula is C16H20O4. The summed E-state index contributed by atoms with van der Waals surface area (Å²) in [7, 11) is 3.09. The maximum atomic E-state index is 12.5. The van der Waals surface area contributed by atoms with Crippen LogP contribution >= 0.6 is 0 Å². The number of carbonyl (C=O) groups is 1. The minimum absolute atomic E-state index is 0.0303. The summed E-state index contributed by atoms with van der Waals surface area (Å²) in [5.41, 5.74) is 0.101. The van der Waals surface area contributed by atoms with Crippen LogP contribution in [-0.2, 0) is 19.9 Å². The smallest absolute Gasteiger partial charge is 0.216 e. The molecule has 0 saturated heterocycles. The van der Waals surface area contributed by atoms with Gasteiger partial charge in [0.1, 0.15) is 11.5 Å². The van der Waals surface area contributed by atoms with Gasteiger partial charge in [-0.3, -0.25) is 4.79 Å². The molecule has 0 spiro atoms. The molecule has 0 fully saturated rings. The summed E-state index contributed by atoms with van der Waals surface area (Å²) in [5, 5.41) is 0. The van der Waals surface area contributed by atoms with Gasteiger partial charge in [0.25, 0.3) is 0 Å². The van der Waals surface area contributed by atoms with E-state index in [9.17, 15) is 4.79 Å². The van der Waals surface area contributed by atoms with Gasteiger partial charge in [-0.15, -0.1) is 0 Å². The highest BCUT2D eigenvalue weighted by Crippen LogP contribution is 2.49. The van der Waals surface area contributed by atoms with Crippen molar-refractivity contribution in [3.8, 4) is 5.75 Å². The zero-order chi connectivity index (χ0) is 14.9. The van der Waals surface area contributed by atoms with Crippen LogP contribution in [0.3, 0.4) is 0 Å². The fourth-order valence-corrected chi connectivity index (χ4v) is 2.55. The molecule has 20 heavy (non-hydrogen) atoms. The third-order valence-electron chi connectivity index (χ3n) is 3.47. The van der Waals surface area contributed by atoms with Crippen LogP contribution in [-0.4, -0.2) is 26.1 Å². The van der Waals surface area contributed by atoms with E-state index in [2.05, 4.69) is 0 Å². The number of methoxy groups -OCH3 is 2. The number of hydrogen-bond donors (Lipinski definition) is 0. The van der Waals surface area contributed by atoms with Gasteiger partial charge < -0.3 is 14.2 Å². The molecule has 4 nitrogen and oxygen atoms in total. The molecule has 0 bridgehead atoms. The first kappa shape index (κ1) is 14.6. The van der Waals surface area contributed by atoms with Crippen molar-refractivity contribution in [3.63, 3.8) is 0 Å². The lowest BCUT2D eigenvalue weighted by molar-refractivity contribution is -0.148. The van der Waals surface area contributed by atoms with Crippen LogP contribution in [0.5, 0.6) is 5.75 Å². The first-order valence-corrected chi connectivity index (χ1v) is 6.60. The van der Waals surface area contributed by atoms with E-state index in [1.807, 2.05) is 38.1 Å². The quantitative estimate of drug-likeness (QED) is 0.829. The van der Waals surface area contributed by atoms with Gasteiger partial charge >= 0.3 is 0 Å². The Hall–Kier alpha value is -1.81. The molecule has 0 radical (unpaired) electrons. The van der Waals surface area contributed by atoms with Crippen LogP contribution in [0.1, 0.15) is 26.3 Å². The number of Topliss-reactive ketones (excluding diaryl/α,β-unsaturated/α-hetero) is 1. The maximum Gasteiger partial charge on any atom is 0.216 e. The average molecular weight is 276 g/mol. The molecule has 1 unspecified atom stereocenters. The highest BCUT2D eigenvalue weighted by atomic mass is 16.6. The van der Waals surface area contributed by atoms with E-state index in [1.165, 1.54) is 7.11 Å². The van der Waals surface area contributed by atoms with Crippen LogP contribution < -0.4 is 4.74 Å². The van der Waals surface area contributed by atoms with Crippen molar-refractivity contribution in [2.45, 2.75) is 32.5 Å². The molecule has 0 aromatic heterocycles. The SMILES string of the molecule is COc1ccccc1C1(OC)C(=O)C(C)=C1OC(C)C. The molecule has 1 atom stereocenters. The molecule has 0 amide bonds. The Bertz CT molecular complexity index is 559. The monoisotopic (exact) mass is 276 g/mol. The molecule has 2 rings (SSSR count). The van der Waals surface area contributed by atoms with E-state index in [4.69, 9.17) is 14.2 Å². The standard InChI is InChI=1S/C16H20O4/c1-10(2)20-15-11(3)14(17)16(15,19-5)12-8-6-7-9-13(12)18-4/h6-10H,1-5H3. The first-order valence-electron chi connectivity index (χ1n) is 6.60.